The van der Waals surface area contributed by atoms with Crippen molar-refractivity contribution in [3.8, 4) is 0 Å². The second-order valence-electron chi connectivity index (χ2n) is 4.98. The molecule has 0 aromatic heterocycles. The molecule has 0 fully saturated rings. The Balaban J connectivity index is 0.000000394. The molecule has 0 heterocycles. The molecular formula is C18H15Cl8P3Ru. The van der Waals surface area contributed by atoms with Gasteiger partial charge in [0.05, 0.1) is 30.1 Å². The molecule has 30 heavy (non-hydrogen) atoms. The molecule has 0 N–H and O–H groups in total. The van der Waals surface area contributed by atoms with Crippen molar-refractivity contribution in [3.05, 3.63) is 84.7 Å². The zero-order valence-electron chi connectivity index (χ0n) is 14.8. The van der Waals surface area contributed by atoms with Gasteiger partial charge in [-0.3, -0.25) is 0 Å². The van der Waals surface area contributed by atoms with Crippen LogP contribution in [-0.4, -0.2) is 0 Å². The molecule has 0 aliphatic heterocycles. The average molecular weight is 709 g/mol. The summed E-state index contributed by atoms with van der Waals surface area (Å²) in [5, 5.41) is 6.45. The molecular weight excluding hydrogens is 694 g/mol. The summed E-state index contributed by atoms with van der Waals surface area (Å²) in [6, 6.07) is 16.5. The van der Waals surface area contributed by atoms with Gasteiger partial charge in [0.1, 0.15) is 0 Å². The van der Waals surface area contributed by atoms with Crippen LogP contribution in [0.25, 0.3) is 0 Å². The van der Waals surface area contributed by atoms with Gasteiger partial charge < -0.3 is 0 Å². The van der Waals surface area contributed by atoms with E-state index in [2.05, 4.69) is 27.7 Å². The molecule has 0 spiro atoms. The van der Waals surface area contributed by atoms with Gasteiger partial charge in [-0.1, -0.05) is 106 Å². The van der Waals surface area contributed by atoms with Crippen LogP contribution in [-0.2, 0) is 15.1 Å². The van der Waals surface area contributed by atoms with E-state index in [-0.39, 0.29) is 15.1 Å². The third kappa shape index (κ3) is 13.0. The molecule has 0 amide bonds. The van der Waals surface area contributed by atoms with Crippen LogP contribution in [0.2, 0.25) is 30.1 Å². The average Bonchev–Trinajstić information content (AvgIpc) is 2.70. The Kier molecular flexibility index (Phi) is 19.4. The van der Waals surface area contributed by atoms with Crippen LogP contribution in [0.4, 0.5) is 0 Å². The molecule has 0 nitrogen and oxygen atoms in total. The van der Waals surface area contributed by atoms with Gasteiger partial charge in [0, 0.05) is 0 Å². The molecule has 0 aliphatic rings. The quantitative estimate of drug-likeness (QED) is 0.162. The summed E-state index contributed by atoms with van der Waals surface area (Å²) < 4.78 is 0. The van der Waals surface area contributed by atoms with E-state index in [1.54, 1.807) is 18.2 Å². The third-order valence-corrected chi connectivity index (χ3v) is 7.44. The fraction of sp³-hybridized carbons (Fsp3) is 0. The predicted molar refractivity (Wildman–Crippen MR) is 149 cm³/mol. The number of hydrogen-bond donors (Lipinski definition) is 0. The Hall–Kier alpha value is 1.89. The zero-order chi connectivity index (χ0) is 23.3. The van der Waals surface area contributed by atoms with E-state index in [9.17, 15) is 0 Å². The van der Waals surface area contributed by atoms with Crippen molar-refractivity contribution in [3.63, 3.8) is 0 Å². The van der Waals surface area contributed by atoms with Crippen LogP contribution in [0.5, 0.6) is 0 Å². The van der Waals surface area contributed by atoms with E-state index in [0.717, 1.165) is 15.9 Å². The summed E-state index contributed by atoms with van der Waals surface area (Å²) in [4.78, 5) is 0. The fourth-order valence-electron chi connectivity index (χ4n) is 1.56. The first-order valence-electron chi connectivity index (χ1n) is 7.50. The van der Waals surface area contributed by atoms with Crippen molar-refractivity contribution in [2.45, 2.75) is 0 Å². The molecule has 12 heteroatoms. The van der Waals surface area contributed by atoms with Crippen molar-refractivity contribution in [1.82, 2.24) is 0 Å². The van der Waals surface area contributed by atoms with E-state index in [0.29, 0.717) is 30.1 Å². The number of hydrogen-bond acceptors (Lipinski definition) is 0. The summed E-state index contributed by atoms with van der Waals surface area (Å²) in [6.45, 7) is 0. The Labute approximate surface area is 230 Å². The Morgan fingerprint density at radius 2 is 0.667 bits per heavy atom. The van der Waals surface area contributed by atoms with Crippen LogP contribution >= 0.6 is 117 Å². The molecule has 3 atom stereocenters. The maximum absolute atomic E-state index is 5.72. The SMILES string of the molecule is Pc1cccc(Cl)c1Cl.Pc1cccc(Cl)c1Cl.Pc1cccc(Cl)c1Cl.[Cl][Ru][Cl]. The van der Waals surface area contributed by atoms with E-state index >= 15 is 0 Å². The molecule has 0 radical (unpaired) electrons. The van der Waals surface area contributed by atoms with Gasteiger partial charge in [-0.15, -0.1) is 27.7 Å². The standard InChI is InChI=1S/3C6H5Cl2P.2ClH.Ru/c3*7-4-2-1-3-5(9)6(4)8;;;/h3*1-3H,9H2;2*1H;/q;;;;;+2/p-2. The molecule has 166 valence electrons. The predicted octanol–water partition coefficient (Wildman–Crippen LogP) is 8.86. The molecule has 0 saturated carbocycles. The maximum atomic E-state index is 5.72. The Morgan fingerprint density at radius 3 is 0.800 bits per heavy atom. The van der Waals surface area contributed by atoms with Crippen molar-refractivity contribution >= 4 is 133 Å². The second-order valence-corrected chi connectivity index (χ2v) is 11.8. The molecule has 3 aromatic rings. The van der Waals surface area contributed by atoms with Gasteiger partial charge in [0.15, 0.2) is 0 Å². The fourth-order valence-corrected chi connectivity index (χ4v) is 3.56. The summed E-state index contributed by atoms with van der Waals surface area (Å²) in [7, 11) is 17.2. The molecule has 3 unspecified atom stereocenters. The van der Waals surface area contributed by atoms with E-state index in [4.69, 9.17) is 89.0 Å². The summed E-state index contributed by atoms with van der Waals surface area (Å²) >= 11 is 33.8. The monoisotopic (exact) mass is 706 g/mol. The van der Waals surface area contributed by atoms with E-state index in [1.807, 2.05) is 36.4 Å². The normalized spacial score (nSPS) is 9.43. The van der Waals surface area contributed by atoms with Crippen LogP contribution in [0, 0.1) is 0 Å². The number of halogens is 8. The van der Waals surface area contributed by atoms with Crippen molar-refractivity contribution in [1.29, 1.82) is 0 Å². The van der Waals surface area contributed by atoms with Crippen LogP contribution < -0.4 is 15.9 Å². The van der Waals surface area contributed by atoms with Gasteiger partial charge in [-0.05, 0) is 34.1 Å². The zero-order valence-corrected chi connectivity index (χ0v) is 26.1. The summed E-state index contributed by atoms with van der Waals surface area (Å²) in [6.07, 6.45) is 0. The van der Waals surface area contributed by atoms with Crippen molar-refractivity contribution in [2.75, 3.05) is 0 Å². The van der Waals surface area contributed by atoms with Crippen LogP contribution in [0.15, 0.2) is 54.6 Å². The molecule has 0 bridgehead atoms. The number of rotatable bonds is 0. The second kappa shape index (κ2) is 18.3. The van der Waals surface area contributed by atoms with E-state index < -0.39 is 0 Å². The van der Waals surface area contributed by atoms with Crippen LogP contribution in [0.1, 0.15) is 0 Å². The van der Waals surface area contributed by atoms with Crippen molar-refractivity contribution in [2.24, 2.45) is 0 Å². The van der Waals surface area contributed by atoms with Gasteiger partial charge in [0.2, 0.25) is 0 Å². The topological polar surface area (TPSA) is 0 Å². The molecule has 3 rings (SSSR count). The van der Waals surface area contributed by atoms with Gasteiger partial charge in [0.25, 0.3) is 0 Å². The first kappa shape index (κ1) is 31.9. The van der Waals surface area contributed by atoms with E-state index in [1.165, 1.54) is 0 Å². The van der Waals surface area contributed by atoms with Gasteiger partial charge >= 0.3 is 34.5 Å². The first-order valence-corrected chi connectivity index (χ1v) is 16.0. The van der Waals surface area contributed by atoms with Crippen molar-refractivity contribution < 1.29 is 15.1 Å². The summed E-state index contributed by atoms with van der Waals surface area (Å²) in [5.74, 6) is 0. The van der Waals surface area contributed by atoms with Gasteiger partial charge in [-0.25, -0.2) is 0 Å². The molecule has 3 aromatic carbocycles. The van der Waals surface area contributed by atoms with Gasteiger partial charge in [-0.2, -0.15) is 0 Å². The Bertz CT molecular complexity index is 749. The third-order valence-electron chi connectivity index (χ3n) is 2.94. The molecule has 0 aliphatic carbocycles. The minimum atomic E-state index is -0.346. The number of benzene rings is 3. The van der Waals surface area contributed by atoms with Crippen LogP contribution in [0.3, 0.4) is 0 Å². The molecule has 0 saturated heterocycles. The summed E-state index contributed by atoms with van der Waals surface area (Å²) in [5.41, 5.74) is 0. The minimum absolute atomic E-state index is 0.346. The Morgan fingerprint density at radius 1 is 0.467 bits per heavy atom. The first-order chi connectivity index (χ1) is 14.1.